The first-order valence-electron chi connectivity index (χ1n) is 1.81. The molecule has 0 amide bonds. The molecule has 0 fully saturated rings. The van der Waals surface area contributed by atoms with E-state index in [9.17, 15) is 18.0 Å². The summed E-state index contributed by atoms with van der Waals surface area (Å²) in [5.41, 5.74) is 0. The maximum Gasteiger partial charge on any atom is 0.522 e. The number of ether oxygens (including phenoxy) is 1. The van der Waals surface area contributed by atoms with Gasteiger partial charge in [0, 0.05) is 0 Å². The van der Waals surface area contributed by atoms with Crippen molar-refractivity contribution in [3.8, 4) is 0 Å². The van der Waals surface area contributed by atoms with Gasteiger partial charge in [-0.2, -0.15) is 0 Å². The van der Waals surface area contributed by atoms with Gasteiger partial charge in [0.2, 0.25) is 5.24 Å². The van der Waals surface area contributed by atoms with Gasteiger partial charge in [-0.3, -0.25) is 9.53 Å². The zero-order valence-corrected chi connectivity index (χ0v) is 4.79. The first-order valence-corrected chi connectivity index (χ1v) is 2.18. The fourth-order valence-corrected chi connectivity index (χ4v) is 0.193. The smallest absolute Gasteiger partial charge is 0.283 e. The summed E-state index contributed by atoms with van der Waals surface area (Å²) in [4.78, 5) is 9.63. The molecule has 0 saturated heterocycles. The van der Waals surface area contributed by atoms with E-state index in [4.69, 9.17) is 0 Å². The van der Waals surface area contributed by atoms with Crippen molar-refractivity contribution >= 4 is 16.8 Å². The second-order valence-electron chi connectivity index (χ2n) is 1.09. The van der Waals surface area contributed by atoms with E-state index in [2.05, 4.69) is 16.3 Å². The number of halogens is 4. The molecule has 0 atom stereocenters. The minimum Gasteiger partial charge on any atom is -0.283 e. The molecule has 0 radical (unpaired) electrons. The van der Waals surface area contributed by atoms with Crippen LogP contribution in [0, 0.1) is 0 Å². The van der Waals surface area contributed by atoms with Crippen LogP contribution < -0.4 is 0 Å². The Kier molecular flexibility index (Phi) is 2.93. The van der Waals surface area contributed by atoms with Crippen LogP contribution in [0.15, 0.2) is 0 Å². The molecule has 9 heavy (non-hydrogen) atoms. The van der Waals surface area contributed by atoms with Crippen LogP contribution >= 0.6 is 11.6 Å². The largest absolute Gasteiger partial charge is 0.522 e. The molecule has 0 aromatic carbocycles. The molecule has 0 aromatic heterocycles. The number of hydrogen-bond acceptors (Lipinski definition) is 2. The third-order valence-corrected chi connectivity index (χ3v) is 0.458. The van der Waals surface area contributed by atoms with Crippen molar-refractivity contribution in [2.24, 2.45) is 0 Å². The molecule has 2 nitrogen and oxygen atoms in total. The van der Waals surface area contributed by atoms with Gasteiger partial charge in [0.25, 0.3) is 0 Å². The highest BCUT2D eigenvalue weighted by atomic mass is 35.5. The highest BCUT2D eigenvalue weighted by Crippen LogP contribution is 2.15. The second-order valence-corrected chi connectivity index (χ2v) is 1.51. The lowest BCUT2D eigenvalue weighted by Crippen LogP contribution is -2.16. The molecule has 0 heterocycles. The van der Waals surface area contributed by atoms with Crippen molar-refractivity contribution in [2.45, 2.75) is 6.36 Å². The van der Waals surface area contributed by atoms with Crippen LogP contribution in [0.4, 0.5) is 13.2 Å². The van der Waals surface area contributed by atoms with Crippen LogP contribution in [-0.4, -0.2) is 18.2 Å². The Morgan fingerprint density at radius 2 is 2.00 bits per heavy atom. The molecule has 0 aliphatic rings. The SMILES string of the molecule is O=C(Cl)COC(F)(F)F. The van der Waals surface area contributed by atoms with E-state index < -0.39 is 18.2 Å². The summed E-state index contributed by atoms with van der Waals surface area (Å²) in [6.45, 7) is -1.13. The van der Waals surface area contributed by atoms with E-state index in [0.29, 0.717) is 0 Å². The number of hydrogen-bond donors (Lipinski definition) is 0. The van der Waals surface area contributed by atoms with E-state index in [1.807, 2.05) is 0 Å². The van der Waals surface area contributed by atoms with Crippen LogP contribution in [0.3, 0.4) is 0 Å². The minimum atomic E-state index is -4.77. The highest BCUT2D eigenvalue weighted by Gasteiger charge is 2.29. The molecule has 0 rings (SSSR count). The summed E-state index contributed by atoms with van der Waals surface area (Å²) in [6, 6.07) is 0. The Balaban J connectivity index is 3.39. The summed E-state index contributed by atoms with van der Waals surface area (Å²) >= 11 is 4.52. The quantitative estimate of drug-likeness (QED) is 0.572. The first kappa shape index (κ1) is 8.71. The van der Waals surface area contributed by atoms with Crippen LogP contribution in [-0.2, 0) is 9.53 Å². The van der Waals surface area contributed by atoms with Gasteiger partial charge < -0.3 is 0 Å². The lowest BCUT2D eigenvalue weighted by molar-refractivity contribution is -0.320. The van der Waals surface area contributed by atoms with Crippen molar-refractivity contribution in [3.63, 3.8) is 0 Å². The summed E-state index contributed by atoms with van der Waals surface area (Å²) < 4.78 is 36.0. The maximum atomic E-state index is 11.0. The molecular weight excluding hydrogens is 160 g/mol. The Morgan fingerprint density at radius 1 is 1.56 bits per heavy atom. The predicted octanol–water partition coefficient (Wildman–Crippen LogP) is 1.29. The average Bonchev–Trinajstić information content (AvgIpc) is 1.59. The molecule has 0 aliphatic carbocycles. The maximum absolute atomic E-state index is 11.0. The topological polar surface area (TPSA) is 26.3 Å². The Hall–Kier alpha value is -0.290. The highest BCUT2D eigenvalue weighted by molar-refractivity contribution is 6.63. The Morgan fingerprint density at radius 3 is 2.11 bits per heavy atom. The molecular formula is C3H2ClF3O2. The van der Waals surface area contributed by atoms with Gasteiger partial charge in [-0.25, -0.2) is 0 Å². The molecule has 0 bridgehead atoms. The monoisotopic (exact) mass is 162 g/mol. The summed E-state index contributed by atoms with van der Waals surface area (Å²) in [6.07, 6.45) is -4.77. The van der Waals surface area contributed by atoms with Gasteiger partial charge in [-0.1, -0.05) is 0 Å². The van der Waals surface area contributed by atoms with Crippen LogP contribution in [0.25, 0.3) is 0 Å². The van der Waals surface area contributed by atoms with Crippen molar-refractivity contribution < 1.29 is 22.7 Å². The zero-order valence-electron chi connectivity index (χ0n) is 4.04. The lowest BCUT2D eigenvalue weighted by atomic mass is 10.8. The predicted molar refractivity (Wildman–Crippen MR) is 22.9 cm³/mol. The second kappa shape index (κ2) is 3.03. The van der Waals surface area contributed by atoms with Crippen molar-refractivity contribution in [1.82, 2.24) is 0 Å². The number of alkyl halides is 3. The normalized spacial score (nSPS) is 11.6. The van der Waals surface area contributed by atoms with E-state index in [0.717, 1.165) is 0 Å². The number of rotatable bonds is 2. The molecule has 0 aromatic rings. The van der Waals surface area contributed by atoms with E-state index in [-0.39, 0.29) is 0 Å². The Labute approximate surface area is 53.5 Å². The van der Waals surface area contributed by atoms with Gasteiger partial charge in [0.1, 0.15) is 6.61 Å². The standard InChI is InChI=1S/C3H2ClF3O2/c4-2(8)1-9-3(5,6)7/h1H2. The molecule has 0 spiro atoms. The first-order chi connectivity index (χ1) is 3.92. The fraction of sp³-hybridized carbons (Fsp3) is 0.667. The lowest BCUT2D eigenvalue weighted by Gasteiger charge is -2.02. The van der Waals surface area contributed by atoms with Crippen LogP contribution in [0.1, 0.15) is 0 Å². The van der Waals surface area contributed by atoms with Gasteiger partial charge in [-0.15, -0.1) is 13.2 Å². The summed E-state index contributed by atoms with van der Waals surface area (Å²) in [5, 5.41) is -1.17. The summed E-state index contributed by atoms with van der Waals surface area (Å²) in [5.74, 6) is 0. The minimum absolute atomic E-state index is 1.13. The van der Waals surface area contributed by atoms with Crippen molar-refractivity contribution in [2.75, 3.05) is 6.61 Å². The van der Waals surface area contributed by atoms with Gasteiger partial charge in [0.05, 0.1) is 0 Å². The van der Waals surface area contributed by atoms with Gasteiger partial charge >= 0.3 is 6.36 Å². The van der Waals surface area contributed by atoms with Crippen molar-refractivity contribution in [1.29, 1.82) is 0 Å². The molecule has 54 valence electrons. The zero-order chi connectivity index (χ0) is 7.49. The molecule has 0 N–H and O–H groups in total. The van der Waals surface area contributed by atoms with E-state index in [1.54, 1.807) is 0 Å². The van der Waals surface area contributed by atoms with Crippen molar-refractivity contribution in [3.05, 3.63) is 0 Å². The fourth-order valence-electron chi connectivity index (χ4n) is 0.139. The van der Waals surface area contributed by atoms with Gasteiger partial charge in [-0.05, 0) is 11.6 Å². The molecule has 0 aliphatic heterocycles. The third-order valence-electron chi connectivity index (χ3n) is 0.349. The number of carbonyl (C=O) groups excluding carboxylic acids is 1. The van der Waals surface area contributed by atoms with Crippen LogP contribution in [0.2, 0.25) is 0 Å². The number of carbonyl (C=O) groups is 1. The van der Waals surface area contributed by atoms with E-state index >= 15 is 0 Å². The molecule has 0 saturated carbocycles. The molecule has 0 unspecified atom stereocenters. The van der Waals surface area contributed by atoms with Gasteiger partial charge in [0.15, 0.2) is 0 Å². The Bertz CT molecular complexity index is 110. The van der Waals surface area contributed by atoms with Crippen LogP contribution in [0.5, 0.6) is 0 Å². The molecule has 6 heteroatoms. The van der Waals surface area contributed by atoms with E-state index in [1.165, 1.54) is 0 Å². The third kappa shape index (κ3) is 7.71. The average molecular weight is 162 g/mol. The summed E-state index contributed by atoms with van der Waals surface area (Å²) in [7, 11) is 0.